The summed E-state index contributed by atoms with van der Waals surface area (Å²) in [5, 5.41) is 0. The number of halogens is 3. The van der Waals surface area contributed by atoms with Gasteiger partial charge in [-0.3, -0.25) is 4.72 Å². The molecule has 0 bridgehead atoms. The molecule has 1 N–H and O–H groups in total. The fraction of sp³-hybridized carbons (Fsp3) is 0.375. The largest absolute Gasteiger partial charge is 0.419 e. The molecule has 8 heteroatoms. The minimum atomic E-state index is -4.64. The Kier molecular flexibility index (Phi) is 3.41. The molecule has 0 spiro atoms. The number of alkyl halides is 3. The first kappa shape index (κ1) is 12.8. The van der Waals surface area contributed by atoms with Gasteiger partial charge in [0.2, 0.25) is 10.0 Å². The SMILES string of the molecule is CCS(=O)(=O)Nc1ncccc1C(F)(F)F. The summed E-state index contributed by atoms with van der Waals surface area (Å²) < 4.78 is 61.4. The van der Waals surface area contributed by atoms with Crippen LogP contribution in [-0.2, 0) is 16.2 Å². The first-order valence-corrected chi connectivity index (χ1v) is 5.94. The molecule has 0 fully saturated rings. The lowest BCUT2D eigenvalue weighted by Gasteiger charge is -2.12. The number of anilines is 1. The Morgan fingerprint density at radius 1 is 1.44 bits per heavy atom. The van der Waals surface area contributed by atoms with Crippen LogP contribution >= 0.6 is 0 Å². The van der Waals surface area contributed by atoms with Crippen LogP contribution in [0.2, 0.25) is 0 Å². The molecule has 0 radical (unpaired) electrons. The van der Waals surface area contributed by atoms with Crippen molar-refractivity contribution >= 4 is 15.8 Å². The zero-order valence-corrected chi connectivity index (χ0v) is 9.06. The molecule has 4 nitrogen and oxygen atoms in total. The Labute approximate surface area is 90.6 Å². The molecule has 16 heavy (non-hydrogen) atoms. The number of aromatic nitrogens is 1. The van der Waals surface area contributed by atoms with E-state index in [0.29, 0.717) is 0 Å². The van der Waals surface area contributed by atoms with Gasteiger partial charge < -0.3 is 0 Å². The molecular formula is C8H9F3N2O2S. The van der Waals surface area contributed by atoms with Crippen molar-refractivity contribution < 1.29 is 21.6 Å². The van der Waals surface area contributed by atoms with Gasteiger partial charge in [-0.25, -0.2) is 13.4 Å². The van der Waals surface area contributed by atoms with Crippen LogP contribution in [0.15, 0.2) is 18.3 Å². The fourth-order valence-electron chi connectivity index (χ4n) is 0.935. The van der Waals surface area contributed by atoms with Crippen molar-refractivity contribution in [3.05, 3.63) is 23.9 Å². The number of nitrogens with zero attached hydrogens (tertiary/aromatic N) is 1. The van der Waals surface area contributed by atoms with Crippen LogP contribution in [0.1, 0.15) is 12.5 Å². The van der Waals surface area contributed by atoms with Crippen molar-refractivity contribution in [2.75, 3.05) is 10.5 Å². The number of pyridine rings is 1. The summed E-state index contributed by atoms with van der Waals surface area (Å²) in [6.45, 7) is 1.32. The van der Waals surface area contributed by atoms with Gasteiger partial charge in [0.1, 0.15) is 0 Å². The highest BCUT2D eigenvalue weighted by Crippen LogP contribution is 2.33. The highest BCUT2D eigenvalue weighted by Gasteiger charge is 2.34. The third-order valence-corrected chi connectivity index (χ3v) is 3.01. The lowest BCUT2D eigenvalue weighted by atomic mass is 10.2. The lowest BCUT2D eigenvalue weighted by Crippen LogP contribution is -2.19. The van der Waals surface area contributed by atoms with Crippen LogP contribution in [0.25, 0.3) is 0 Å². The van der Waals surface area contributed by atoms with E-state index in [9.17, 15) is 21.6 Å². The summed E-state index contributed by atoms with van der Waals surface area (Å²) in [5.41, 5.74) is -1.10. The molecule has 0 aliphatic carbocycles. The number of hydrogen-bond donors (Lipinski definition) is 1. The maximum atomic E-state index is 12.5. The minimum Gasteiger partial charge on any atom is -0.267 e. The van der Waals surface area contributed by atoms with Gasteiger partial charge in [-0.1, -0.05) is 0 Å². The van der Waals surface area contributed by atoms with Crippen LogP contribution in [0.3, 0.4) is 0 Å². The molecule has 0 atom stereocenters. The second-order valence-corrected chi connectivity index (χ2v) is 4.91. The molecule has 0 saturated heterocycles. The maximum absolute atomic E-state index is 12.5. The molecule has 1 aromatic heterocycles. The number of nitrogens with one attached hydrogen (secondary N) is 1. The predicted octanol–water partition coefficient (Wildman–Crippen LogP) is 1.86. The van der Waals surface area contributed by atoms with Crippen LogP contribution < -0.4 is 4.72 Å². The van der Waals surface area contributed by atoms with Crippen molar-refractivity contribution in [2.45, 2.75) is 13.1 Å². The average molecular weight is 254 g/mol. The van der Waals surface area contributed by atoms with Gasteiger partial charge in [-0.05, 0) is 19.1 Å². The van der Waals surface area contributed by atoms with Gasteiger partial charge in [-0.2, -0.15) is 13.2 Å². The van der Waals surface area contributed by atoms with Crippen LogP contribution in [0.5, 0.6) is 0 Å². The van der Waals surface area contributed by atoms with Gasteiger partial charge in [0, 0.05) is 6.20 Å². The quantitative estimate of drug-likeness (QED) is 0.895. The molecule has 0 aromatic carbocycles. The summed E-state index contributed by atoms with van der Waals surface area (Å²) in [5.74, 6) is -1.02. The third kappa shape index (κ3) is 3.09. The first-order chi connectivity index (χ1) is 7.26. The molecule has 0 saturated carbocycles. The Morgan fingerprint density at radius 3 is 2.56 bits per heavy atom. The maximum Gasteiger partial charge on any atom is 0.419 e. The molecule has 1 aromatic rings. The molecule has 1 rings (SSSR count). The van der Waals surface area contributed by atoms with Gasteiger partial charge >= 0.3 is 6.18 Å². The number of sulfonamides is 1. The van der Waals surface area contributed by atoms with E-state index < -0.39 is 27.6 Å². The van der Waals surface area contributed by atoms with Crippen molar-refractivity contribution in [3.8, 4) is 0 Å². The number of rotatable bonds is 3. The number of hydrogen-bond acceptors (Lipinski definition) is 3. The fourth-order valence-corrected chi connectivity index (χ4v) is 1.54. The van der Waals surface area contributed by atoms with E-state index in [1.165, 1.54) is 6.92 Å². The molecule has 0 aliphatic heterocycles. The van der Waals surface area contributed by atoms with Crippen LogP contribution in [-0.4, -0.2) is 19.2 Å². The van der Waals surface area contributed by atoms with E-state index in [2.05, 4.69) is 4.98 Å². The van der Waals surface area contributed by atoms with Crippen molar-refractivity contribution in [1.82, 2.24) is 4.98 Å². The summed E-state index contributed by atoms with van der Waals surface area (Å²) in [6.07, 6.45) is -3.55. The van der Waals surface area contributed by atoms with Crippen molar-refractivity contribution in [1.29, 1.82) is 0 Å². The van der Waals surface area contributed by atoms with Gasteiger partial charge in [-0.15, -0.1) is 0 Å². The van der Waals surface area contributed by atoms with Crippen molar-refractivity contribution in [3.63, 3.8) is 0 Å². The summed E-state index contributed by atoms with van der Waals surface area (Å²) >= 11 is 0. The summed E-state index contributed by atoms with van der Waals surface area (Å²) in [7, 11) is -3.77. The standard InChI is InChI=1S/C8H9F3N2O2S/c1-2-16(14,15)13-7-6(8(9,10)11)4-3-5-12-7/h3-5H,2H2,1H3,(H,12,13). The molecule has 90 valence electrons. The van der Waals surface area contributed by atoms with Gasteiger partial charge in [0.15, 0.2) is 5.82 Å². The second-order valence-electron chi connectivity index (χ2n) is 2.90. The molecule has 0 amide bonds. The summed E-state index contributed by atoms with van der Waals surface area (Å²) in [4.78, 5) is 3.37. The average Bonchev–Trinajstić information content (AvgIpc) is 2.16. The van der Waals surface area contributed by atoms with Crippen LogP contribution in [0.4, 0.5) is 19.0 Å². The van der Waals surface area contributed by atoms with Gasteiger partial charge in [0.25, 0.3) is 0 Å². The van der Waals surface area contributed by atoms with E-state index in [0.717, 1.165) is 18.3 Å². The highest BCUT2D eigenvalue weighted by atomic mass is 32.2. The minimum absolute atomic E-state index is 0.319. The third-order valence-electron chi connectivity index (χ3n) is 1.75. The monoisotopic (exact) mass is 254 g/mol. The van der Waals surface area contributed by atoms with Crippen molar-refractivity contribution in [2.24, 2.45) is 0 Å². The summed E-state index contributed by atoms with van der Waals surface area (Å²) in [6, 6.07) is 1.85. The Bertz CT molecular complexity index is 470. The van der Waals surface area contributed by atoms with E-state index in [-0.39, 0.29) is 5.75 Å². The predicted molar refractivity (Wildman–Crippen MR) is 52.3 cm³/mol. The van der Waals surface area contributed by atoms with E-state index >= 15 is 0 Å². The topological polar surface area (TPSA) is 59.1 Å². The first-order valence-electron chi connectivity index (χ1n) is 4.29. The lowest BCUT2D eigenvalue weighted by molar-refractivity contribution is -0.137. The van der Waals surface area contributed by atoms with Crippen LogP contribution in [0, 0.1) is 0 Å². The molecular weight excluding hydrogens is 245 g/mol. The zero-order valence-electron chi connectivity index (χ0n) is 8.25. The smallest absolute Gasteiger partial charge is 0.267 e. The normalized spacial score (nSPS) is 12.5. The Morgan fingerprint density at radius 2 is 2.06 bits per heavy atom. The van der Waals surface area contributed by atoms with E-state index in [4.69, 9.17) is 0 Å². The second kappa shape index (κ2) is 4.28. The zero-order chi connectivity index (χ0) is 12.4. The highest BCUT2D eigenvalue weighted by molar-refractivity contribution is 7.92. The molecule has 0 unspecified atom stereocenters. The Balaban J connectivity index is 3.16. The van der Waals surface area contributed by atoms with E-state index in [1.807, 2.05) is 0 Å². The Hall–Kier alpha value is -1.31. The molecule has 1 heterocycles. The van der Waals surface area contributed by atoms with Gasteiger partial charge in [0.05, 0.1) is 11.3 Å². The molecule has 0 aliphatic rings. The van der Waals surface area contributed by atoms with E-state index in [1.54, 1.807) is 4.72 Å².